The van der Waals surface area contributed by atoms with Gasteiger partial charge in [-0.1, -0.05) is 57.2 Å². The largest absolute Gasteiger partial charge is 0.391 e. The predicted octanol–water partition coefficient (Wildman–Crippen LogP) is 6.38. The number of hydrogen-bond donors (Lipinski definition) is 5. The number of piperazine rings is 1. The fourth-order valence-corrected chi connectivity index (χ4v) is 13.4. The number of ketones is 1. The van der Waals surface area contributed by atoms with Crippen LogP contribution in [0.15, 0.2) is 90.7 Å². The molecule has 4 saturated heterocycles. The number of β-amino-alcohol motifs (C(OH)–C–C–N with tert-alkyl or cyclic N) is 1. The molecule has 3 amide bonds. The zero-order valence-corrected chi connectivity index (χ0v) is 47.1. The van der Waals surface area contributed by atoms with Gasteiger partial charge in [-0.15, -0.1) is 11.3 Å². The minimum absolute atomic E-state index is 0.00765. The molecule has 0 saturated carbocycles. The number of carbonyl (C=O) groups excluding carboxylic acids is 4. The molecule has 0 bridgehead atoms. The van der Waals surface area contributed by atoms with E-state index in [0.717, 1.165) is 114 Å². The van der Waals surface area contributed by atoms with Gasteiger partial charge in [0.1, 0.15) is 29.7 Å². The number of aryl methyl sites for hydroxylation is 1. The summed E-state index contributed by atoms with van der Waals surface area (Å²) in [6.45, 7) is 13.8. The van der Waals surface area contributed by atoms with Crippen LogP contribution in [0.25, 0.3) is 32.6 Å². The van der Waals surface area contributed by atoms with Crippen molar-refractivity contribution in [3.05, 3.63) is 119 Å². The Morgan fingerprint density at radius 1 is 0.850 bits per heavy atom. The van der Waals surface area contributed by atoms with Crippen LogP contribution in [0.3, 0.4) is 0 Å². The number of aliphatic hydroxyl groups excluding tert-OH is 1. The van der Waals surface area contributed by atoms with Crippen molar-refractivity contribution in [3.63, 3.8) is 0 Å². The van der Waals surface area contributed by atoms with E-state index < -0.39 is 51.6 Å². The maximum atomic E-state index is 15.2. The zero-order chi connectivity index (χ0) is 56.5. The Kier molecular flexibility index (Phi) is 16.8. The number of anilines is 2. The molecular formula is C58H69F2N11O7S2. The van der Waals surface area contributed by atoms with Gasteiger partial charge in [0, 0.05) is 99.9 Å². The normalized spacial score (nSPS) is 20.3. The molecule has 1 unspecified atom stereocenters. The number of alkyl halides is 1. The lowest BCUT2D eigenvalue weighted by Gasteiger charge is -2.40. The average molecular weight is 1130 g/mol. The van der Waals surface area contributed by atoms with Gasteiger partial charge in [0.25, 0.3) is 0 Å². The summed E-state index contributed by atoms with van der Waals surface area (Å²) in [7, 11) is -4.11. The number of likely N-dealkylation sites (tertiary alicyclic amines) is 2. The van der Waals surface area contributed by atoms with Gasteiger partial charge < -0.3 is 30.5 Å². The highest BCUT2D eigenvalue weighted by Crippen LogP contribution is 2.32. The number of amides is 3. The van der Waals surface area contributed by atoms with Crippen LogP contribution in [-0.4, -0.2) is 167 Å². The molecule has 80 heavy (non-hydrogen) atoms. The summed E-state index contributed by atoms with van der Waals surface area (Å²) < 4.78 is 58.0. The Labute approximate surface area is 469 Å². The van der Waals surface area contributed by atoms with E-state index in [1.165, 1.54) is 17.2 Å². The molecule has 4 fully saturated rings. The van der Waals surface area contributed by atoms with Crippen LogP contribution in [-0.2, 0) is 31.1 Å². The molecule has 10 rings (SSSR count). The highest BCUT2D eigenvalue weighted by atomic mass is 32.2. The van der Waals surface area contributed by atoms with Crippen molar-refractivity contribution >= 4 is 67.5 Å². The number of aliphatic hydroxyl groups is 1. The van der Waals surface area contributed by atoms with E-state index in [1.807, 2.05) is 75.7 Å². The summed E-state index contributed by atoms with van der Waals surface area (Å²) >= 11 is 1.58. The van der Waals surface area contributed by atoms with Gasteiger partial charge in [0.05, 0.1) is 40.0 Å². The number of fused-ring (bicyclic) bond motifs is 1. The van der Waals surface area contributed by atoms with Gasteiger partial charge in [-0.25, -0.2) is 18.7 Å². The number of aromatic amines is 1. The summed E-state index contributed by atoms with van der Waals surface area (Å²) in [5.41, 5.74) is 7.05. The lowest BCUT2D eigenvalue weighted by Crippen LogP contribution is -2.59. The molecule has 0 aliphatic carbocycles. The number of hydrogen-bond acceptors (Lipinski definition) is 13. The molecule has 4 atom stereocenters. The number of thiazole rings is 1. The molecule has 7 heterocycles. The van der Waals surface area contributed by atoms with Crippen molar-refractivity contribution in [2.24, 2.45) is 11.3 Å². The Morgan fingerprint density at radius 3 is 2.25 bits per heavy atom. The van der Waals surface area contributed by atoms with E-state index in [2.05, 4.69) is 57.1 Å². The first kappa shape index (κ1) is 56.6. The minimum atomic E-state index is -4.11. The highest BCUT2D eigenvalue weighted by molar-refractivity contribution is 7.90. The molecule has 4 aliphatic rings. The molecule has 22 heteroatoms. The van der Waals surface area contributed by atoms with Gasteiger partial charge in [0.15, 0.2) is 5.78 Å². The van der Waals surface area contributed by atoms with Gasteiger partial charge in [-0.05, 0) is 104 Å². The molecule has 0 spiro atoms. The SMILES string of the molecule is Cc1ncsc1-c1ccc(CNC(=O)[C@@H]2C[C@@H](O)CN2C(=O)C(NC(=O)CN2CCC(CN3CCN(c4ccc(-c5cnc6[nH]cc(C(=O)c7cc(NS(=O)(=O)N8CC[C@@H](F)C8)ccc7F)c6c5)cc4)CC3)CC2)C(C)(C)C)cc1. The average Bonchev–Trinajstić information content (AvgIpc) is 4.35. The fourth-order valence-electron chi connectivity index (χ4n) is 11.3. The van der Waals surface area contributed by atoms with E-state index >= 15 is 4.39 Å². The number of nitrogens with one attached hydrogen (secondary N) is 4. The minimum Gasteiger partial charge on any atom is -0.391 e. The second-order valence-corrected chi connectivity index (χ2v) is 25.2. The first-order valence-electron chi connectivity index (χ1n) is 27.3. The molecular weight excluding hydrogens is 1060 g/mol. The van der Waals surface area contributed by atoms with Gasteiger partial charge in [0.2, 0.25) is 17.7 Å². The lowest BCUT2D eigenvalue weighted by molar-refractivity contribution is -0.144. The quantitative estimate of drug-likeness (QED) is 0.0630. The number of benzene rings is 3. The third kappa shape index (κ3) is 12.9. The maximum absolute atomic E-state index is 15.2. The van der Waals surface area contributed by atoms with Crippen LogP contribution in [0.5, 0.6) is 0 Å². The predicted molar refractivity (Wildman–Crippen MR) is 304 cm³/mol. The second-order valence-electron chi connectivity index (χ2n) is 22.7. The van der Waals surface area contributed by atoms with E-state index in [4.69, 9.17) is 0 Å². The van der Waals surface area contributed by atoms with Crippen LogP contribution in [0.2, 0.25) is 0 Å². The molecule has 5 N–H and O–H groups in total. The summed E-state index contributed by atoms with van der Waals surface area (Å²) in [6, 6.07) is 19.5. The molecule has 0 radical (unpaired) electrons. The van der Waals surface area contributed by atoms with Crippen molar-refractivity contribution in [1.82, 2.24) is 44.6 Å². The monoisotopic (exact) mass is 1130 g/mol. The van der Waals surface area contributed by atoms with Crippen molar-refractivity contribution in [2.75, 3.05) is 81.6 Å². The number of H-pyrrole nitrogens is 1. The van der Waals surface area contributed by atoms with Crippen molar-refractivity contribution in [1.29, 1.82) is 0 Å². The number of piperidine rings is 1. The smallest absolute Gasteiger partial charge is 0.301 e. The summed E-state index contributed by atoms with van der Waals surface area (Å²) in [4.78, 5) is 76.7. The Balaban J connectivity index is 0.673. The number of aromatic nitrogens is 3. The maximum Gasteiger partial charge on any atom is 0.301 e. The Hall–Kier alpha value is -6.69. The molecule has 6 aromatic rings. The van der Waals surface area contributed by atoms with Gasteiger partial charge >= 0.3 is 10.2 Å². The number of pyridine rings is 1. The molecule has 3 aromatic carbocycles. The summed E-state index contributed by atoms with van der Waals surface area (Å²) in [5, 5.41) is 17.2. The van der Waals surface area contributed by atoms with E-state index in [0.29, 0.717) is 17.0 Å². The number of halogens is 2. The van der Waals surface area contributed by atoms with Crippen molar-refractivity contribution < 1.29 is 41.5 Å². The Bertz CT molecular complexity index is 3340. The summed E-state index contributed by atoms with van der Waals surface area (Å²) in [5.74, 6) is -1.97. The molecule has 18 nitrogen and oxygen atoms in total. The first-order valence-corrected chi connectivity index (χ1v) is 29.7. The zero-order valence-electron chi connectivity index (χ0n) is 45.5. The Morgan fingerprint density at radius 2 is 1.57 bits per heavy atom. The van der Waals surface area contributed by atoms with Crippen molar-refractivity contribution in [2.45, 2.75) is 84.3 Å². The summed E-state index contributed by atoms with van der Waals surface area (Å²) in [6.07, 6.45) is 3.15. The van der Waals surface area contributed by atoms with E-state index in [-0.39, 0.29) is 80.1 Å². The fraction of sp³-hybridized carbons (Fsp3) is 0.448. The third-order valence-corrected chi connectivity index (χ3v) is 18.4. The number of nitrogens with zero attached hydrogens (tertiary/aromatic N) is 7. The lowest BCUT2D eigenvalue weighted by atomic mass is 9.85. The van der Waals surface area contributed by atoms with Crippen LogP contribution >= 0.6 is 11.3 Å². The van der Waals surface area contributed by atoms with E-state index in [1.54, 1.807) is 17.5 Å². The van der Waals surface area contributed by atoms with Crippen molar-refractivity contribution in [3.8, 4) is 21.6 Å². The van der Waals surface area contributed by atoms with Crippen LogP contribution in [0.4, 0.5) is 20.2 Å². The van der Waals surface area contributed by atoms with Crippen LogP contribution < -0.4 is 20.3 Å². The topological polar surface area (TPSA) is 217 Å². The van der Waals surface area contributed by atoms with Crippen LogP contribution in [0.1, 0.15) is 73.6 Å². The van der Waals surface area contributed by atoms with E-state index in [9.17, 15) is 37.1 Å². The number of carbonyl (C=O) groups is 4. The standard InChI is InChI=1S/C58H69F2N11O7S2/c1-36-53(79-35-64-36)40-7-5-37(6-8-40)28-63-56(75)50-27-45(72)33-71(50)57(76)54(58(2,3)4)65-51(73)34-67-18-15-38(16-19-67)31-68-21-23-69(24-22-68)44-12-9-39(10-13-44)41-25-46-48(30-62-55(46)61-29-41)52(74)47-26-43(11-14-49(47)60)66-80(77,78)70-20-17-42(59)32-70/h5-14,25-26,29-30,35,38,42,45,50,54,66,72H,15-24,27-28,31-34H2,1-4H3,(H,61,62)(H,63,75)(H,65,73)/t42-,45-,50+,54?/m1/s1. The number of rotatable bonds is 17. The van der Waals surface area contributed by atoms with Gasteiger partial charge in [-0.2, -0.15) is 12.7 Å². The van der Waals surface area contributed by atoms with Gasteiger partial charge in [-0.3, -0.25) is 33.7 Å². The molecule has 4 aliphatic heterocycles. The highest BCUT2D eigenvalue weighted by Gasteiger charge is 2.45. The third-order valence-electron chi connectivity index (χ3n) is 15.9. The first-order chi connectivity index (χ1) is 38.3. The second kappa shape index (κ2) is 23.8. The molecule has 3 aromatic heterocycles. The van der Waals surface area contributed by atoms with Crippen LogP contribution in [0, 0.1) is 24.1 Å². The molecule has 424 valence electrons.